The van der Waals surface area contributed by atoms with Crippen molar-refractivity contribution >= 4 is 0 Å². The molecule has 0 saturated carbocycles. The molecule has 4 nitrogen and oxygen atoms in total. The van der Waals surface area contributed by atoms with E-state index < -0.39 is 17.3 Å². The number of hydrogen-bond donors (Lipinski definition) is 1. The smallest absolute Gasteiger partial charge is 0.259 e. The van der Waals surface area contributed by atoms with E-state index in [-0.39, 0.29) is 0 Å². The number of pyridine rings is 1. The van der Waals surface area contributed by atoms with Gasteiger partial charge in [0, 0.05) is 16.7 Å². The summed E-state index contributed by atoms with van der Waals surface area (Å²) in [6.07, 6.45) is -3.24. The maximum atomic E-state index is 12.9. The van der Waals surface area contributed by atoms with Crippen LogP contribution in [0, 0.1) is 0 Å². The fourth-order valence-electron chi connectivity index (χ4n) is 1.54. The Kier molecular flexibility index (Phi) is 3.07. The topological polar surface area (TPSA) is 54.5 Å². The first-order valence-electron chi connectivity index (χ1n) is 5.63. The van der Waals surface area contributed by atoms with Gasteiger partial charge in [-0.1, -0.05) is 20.8 Å². The first kappa shape index (κ1) is 13.5. The number of nitrogens with zero attached hydrogens (tertiary/aromatic N) is 3. The molecule has 0 saturated heterocycles. The molecule has 1 N–H and O–H groups in total. The highest BCUT2D eigenvalue weighted by atomic mass is 19.4. The van der Waals surface area contributed by atoms with E-state index in [2.05, 4.69) is 20.2 Å². The van der Waals surface area contributed by atoms with E-state index in [1.807, 2.05) is 0 Å². The highest BCUT2D eigenvalue weighted by Crippen LogP contribution is 2.33. The van der Waals surface area contributed by atoms with Crippen molar-refractivity contribution in [2.45, 2.75) is 32.4 Å². The molecular formula is C12H13F3N4. The number of rotatable bonds is 1. The zero-order chi connectivity index (χ0) is 14.3. The molecule has 0 atom stereocenters. The van der Waals surface area contributed by atoms with Crippen LogP contribution < -0.4 is 0 Å². The molecule has 0 aliphatic carbocycles. The highest BCUT2D eigenvalue weighted by Gasteiger charge is 2.34. The van der Waals surface area contributed by atoms with Gasteiger partial charge < -0.3 is 0 Å². The Bertz CT molecular complexity index is 535. The van der Waals surface area contributed by atoms with Gasteiger partial charge in [-0.2, -0.15) is 18.3 Å². The number of aromatic nitrogens is 4. The number of aromatic amines is 1. The van der Waals surface area contributed by atoms with Crippen molar-refractivity contribution < 1.29 is 13.2 Å². The molecule has 0 fully saturated rings. The van der Waals surface area contributed by atoms with Gasteiger partial charge in [0.15, 0.2) is 5.82 Å². The molecule has 0 unspecified atom stereocenters. The molecule has 0 spiro atoms. The maximum Gasteiger partial charge on any atom is 0.433 e. The fraction of sp³-hybridized carbons (Fsp3) is 0.417. The average Bonchev–Trinajstić information content (AvgIpc) is 2.79. The first-order chi connectivity index (χ1) is 8.68. The number of H-pyrrole nitrogens is 1. The number of alkyl halides is 3. The molecule has 0 radical (unpaired) electrons. The second kappa shape index (κ2) is 4.32. The molecule has 2 aromatic rings. The van der Waals surface area contributed by atoms with Crippen molar-refractivity contribution in [2.24, 2.45) is 0 Å². The third kappa shape index (κ3) is 2.91. The first-order valence-corrected chi connectivity index (χ1v) is 5.63. The van der Waals surface area contributed by atoms with Crippen LogP contribution in [0.1, 0.15) is 32.2 Å². The Morgan fingerprint density at radius 3 is 2.16 bits per heavy atom. The van der Waals surface area contributed by atoms with Gasteiger partial charge in [-0.05, 0) is 12.1 Å². The summed E-state index contributed by atoms with van der Waals surface area (Å²) in [6, 6.07) is 2.56. The van der Waals surface area contributed by atoms with E-state index in [0.717, 1.165) is 6.07 Å². The van der Waals surface area contributed by atoms with E-state index in [1.165, 1.54) is 6.33 Å². The van der Waals surface area contributed by atoms with E-state index in [9.17, 15) is 13.2 Å². The summed E-state index contributed by atoms with van der Waals surface area (Å²) in [5, 5.41) is 6.20. The lowest BCUT2D eigenvalue weighted by Gasteiger charge is -2.20. The van der Waals surface area contributed by atoms with E-state index in [4.69, 9.17) is 0 Å². The van der Waals surface area contributed by atoms with E-state index in [1.54, 1.807) is 26.8 Å². The van der Waals surface area contributed by atoms with Crippen LogP contribution in [0.5, 0.6) is 0 Å². The minimum Gasteiger partial charge on any atom is -0.259 e. The van der Waals surface area contributed by atoms with Crippen LogP contribution in [0.3, 0.4) is 0 Å². The van der Waals surface area contributed by atoms with Crippen LogP contribution in [-0.4, -0.2) is 20.2 Å². The Labute approximate surface area is 108 Å². The monoisotopic (exact) mass is 270 g/mol. The predicted octanol–water partition coefficient (Wildman–Crippen LogP) is 3.18. The maximum absolute atomic E-state index is 12.9. The van der Waals surface area contributed by atoms with Crippen LogP contribution in [0.25, 0.3) is 11.4 Å². The van der Waals surface area contributed by atoms with Crippen molar-refractivity contribution in [3.63, 3.8) is 0 Å². The summed E-state index contributed by atoms with van der Waals surface area (Å²) in [5.74, 6) is 0.290. The summed E-state index contributed by atoms with van der Waals surface area (Å²) in [7, 11) is 0. The van der Waals surface area contributed by atoms with Crippen molar-refractivity contribution in [3.05, 3.63) is 29.8 Å². The van der Waals surface area contributed by atoms with Gasteiger partial charge in [-0.15, -0.1) is 0 Å². The largest absolute Gasteiger partial charge is 0.433 e. The third-order valence-corrected chi connectivity index (χ3v) is 2.57. The van der Waals surface area contributed by atoms with Crippen LogP contribution in [0.15, 0.2) is 18.5 Å². The van der Waals surface area contributed by atoms with Gasteiger partial charge in [0.05, 0.1) is 0 Å². The van der Waals surface area contributed by atoms with Crippen LogP contribution >= 0.6 is 0 Å². The second-order valence-corrected chi connectivity index (χ2v) is 5.21. The zero-order valence-corrected chi connectivity index (χ0v) is 10.7. The molecule has 19 heavy (non-hydrogen) atoms. The molecule has 0 bridgehead atoms. The summed E-state index contributed by atoms with van der Waals surface area (Å²) in [6.45, 7) is 5.42. The van der Waals surface area contributed by atoms with Gasteiger partial charge in [-0.25, -0.2) is 9.97 Å². The lowest BCUT2D eigenvalue weighted by atomic mass is 9.90. The lowest BCUT2D eigenvalue weighted by Crippen LogP contribution is -2.18. The number of nitrogens with one attached hydrogen (secondary N) is 1. The van der Waals surface area contributed by atoms with Crippen LogP contribution in [0.2, 0.25) is 0 Å². The molecule has 0 amide bonds. The SMILES string of the molecule is CC(C)(C)c1cc(-c2ncn[nH]2)cc(C(F)(F)F)n1. The zero-order valence-electron chi connectivity index (χ0n) is 10.7. The van der Waals surface area contributed by atoms with E-state index in [0.29, 0.717) is 17.1 Å². The minimum atomic E-state index is -4.49. The Hall–Kier alpha value is -1.92. The molecule has 0 aliphatic heterocycles. The standard InChI is InChI=1S/C12H13F3N4/c1-11(2,3)8-4-7(10-16-6-17-19-10)5-9(18-8)12(13,14)15/h4-6H,1-3H3,(H,16,17,19). The fourth-order valence-corrected chi connectivity index (χ4v) is 1.54. The molecule has 2 heterocycles. The summed E-state index contributed by atoms with van der Waals surface area (Å²) >= 11 is 0. The normalized spacial score (nSPS) is 12.7. The minimum absolute atomic E-state index is 0.290. The van der Waals surface area contributed by atoms with Crippen molar-refractivity contribution in [1.82, 2.24) is 20.2 Å². The number of halogens is 3. The van der Waals surface area contributed by atoms with Crippen molar-refractivity contribution in [1.29, 1.82) is 0 Å². The second-order valence-electron chi connectivity index (χ2n) is 5.21. The van der Waals surface area contributed by atoms with Gasteiger partial charge in [0.1, 0.15) is 12.0 Å². The van der Waals surface area contributed by atoms with Crippen molar-refractivity contribution in [2.75, 3.05) is 0 Å². The molecule has 0 aliphatic rings. The van der Waals surface area contributed by atoms with Crippen LogP contribution in [-0.2, 0) is 11.6 Å². The quantitative estimate of drug-likeness (QED) is 0.865. The summed E-state index contributed by atoms with van der Waals surface area (Å²) in [5.41, 5.74) is -0.736. The Balaban J connectivity index is 2.62. The molecule has 7 heteroatoms. The van der Waals surface area contributed by atoms with E-state index >= 15 is 0 Å². The molecule has 0 aromatic carbocycles. The molecule has 2 rings (SSSR count). The third-order valence-electron chi connectivity index (χ3n) is 2.57. The Morgan fingerprint density at radius 1 is 1.05 bits per heavy atom. The summed E-state index contributed by atoms with van der Waals surface area (Å²) in [4.78, 5) is 7.57. The van der Waals surface area contributed by atoms with Crippen molar-refractivity contribution in [3.8, 4) is 11.4 Å². The van der Waals surface area contributed by atoms with Gasteiger partial charge in [0.2, 0.25) is 0 Å². The lowest BCUT2D eigenvalue weighted by molar-refractivity contribution is -0.141. The number of hydrogen-bond acceptors (Lipinski definition) is 3. The Morgan fingerprint density at radius 2 is 1.68 bits per heavy atom. The summed E-state index contributed by atoms with van der Waals surface area (Å²) < 4.78 is 38.6. The molecular weight excluding hydrogens is 257 g/mol. The molecule has 2 aromatic heterocycles. The van der Waals surface area contributed by atoms with Crippen LogP contribution in [0.4, 0.5) is 13.2 Å². The van der Waals surface area contributed by atoms with Gasteiger partial charge in [0.25, 0.3) is 0 Å². The van der Waals surface area contributed by atoms with Gasteiger partial charge in [-0.3, -0.25) is 5.10 Å². The van der Waals surface area contributed by atoms with Gasteiger partial charge >= 0.3 is 6.18 Å². The average molecular weight is 270 g/mol. The highest BCUT2D eigenvalue weighted by molar-refractivity contribution is 5.56. The molecule has 102 valence electrons. The predicted molar refractivity (Wildman–Crippen MR) is 63.3 cm³/mol.